The largest absolute Gasteiger partial charge is 0.469 e. The van der Waals surface area contributed by atoms with Crippen LogP contribution in [0.15, 0.2) is 36.4 Å². The molecule has 0 bridgehead atoms. The number of carbonyl (C=O) groups excluding carboxylic acids is 1. The van der Waals surface area contributed by atoms with Crippen LogP contribution in [0.2, 0.25) is 0 Å². The zero-order chi connectivity index (χ0) is 11.8. The highest BCUT2D eigenvalue weighted by Gasteiger charge is 2.02. The van der Waals surface area contributed by atoms with Gasteiger partial charge in [-0.2, -0.15) is 0 Å². The van der Waals surface area contributed by atoms with Crippen LogP contribution in [0, 0.1) is 0 Å². The van der Waals surface area contributed by atoms with E-state index in [2.05, 4.69) is 29.0 Å². The molecule has 0 fully saturated rings. The van der Waals surface area contributed by atoms with Crippen molar-refractivity contribution in [1.29, 1.82) is 0 Å². The van der Waals surface area contributed by atoms with Crippen molar-refractivity contribution < 1.29 is 9.53 Å². The van der Waals surface area contributed by atoms with Crippen LogP contribution >= 0.6 is 0 Å². The minimum Gasteiger partial charge on any atom is -0.469 e. The summed E-state index contributed by atoms with van der Waals surface area (Å²) in [7, 11) is 1.41. The van der Waals surface area contributed by atoms with Gasteiger partial charge in [0.25, 0.3) is 0 Å². The van der Waals surface area contributed by atoms with E-state index < -0.39 is 0 Å². The summed E-state index contributed by atoms with van der Waals surface area (Å²) in [5.74, 6) is -0.189. The molecule has 2 heteroatoms. The first-order chi connectivity index (χ1) is 7.76. The predicted molar refractivity (Wildman–Crippen MR) is 65.3 cm³/mol. The lowest BCUT2D eigenvalue weighted by molar-refractivity contribution is -0.139. The Kier molecular flexibility index (Phi) is 5.34. The normalized spacial score (nSPS) is 10.6. The third-order valence-electron chi connectivity index (χ3n) is 2.40. The molecule has 0 aromatic heterocycles. The van der Waals surface area contributed by atoms with Crippen molar-refractivity contribution in [3.8, 4) is 0 Å². The van der Waals surface area contributed by atoms with Gasteiger partial charge in [-0.05, 0) is 30.9 Å². The zero-order valence-electron chi connectivity index (χ0n) is 9.90. The van der Waals surface area contributed by atoms with E-state index in [9.17, 15) is 4.79 Å². The van der Waals surface area contributed by atoms with Gasteiger partial charge in [-0.1, -0.05) is 36.4 Å². The second-order valence-electron chi connectivity index (χ2n) is 3.68. The summed E-state index contributed by atoms with van der Waals surface area (Å²) in [6.07, 6.45) is 6.61. The number of esters is 1. The lowest BCUT2D eigenvalue weighted by atomic mass is 10.0. The van der Waals surface area contributed by atoms with Crippen molar-refractivity contribution in [3.05, 3.63) is 47.5 Å². The van der Waals surface area contributed by atoms with Crippen molar-refractivity contribution in [2.24, 2.45) is 0 Å². The van der Waals surface area contributed by atoms with E-state index in [4.69, 9.17) is 0 Å². The average Bonchev–Trinajstić information content (AvgIpc) is 2.30. The Morgan fingerprint density at radius 1 is 1.38 bits per heavy atom. The molecule has 0 aliphatic carbocycles. The van der Waals surface area contributed by atoms with E-state index in [1.807, 2.05) is 19.1 Å². The van der Waals surface area contributed by atoms with Crippen LogP contribution in [0.1, 0.15) is 24.5 Å². The molecule has 0 N–H and O–H groups in total. The quantitative estimate of drug-likeness (QED) is 0.561. The zero-order valence-corrected chi connectivity index (χ0v) is 9.90. The van der Waals surface area contributed by atoms with Crippen LogP contribution in [0.5, 0.6) is 0 Å². The standard InChI is InChI=1S/C14H18O2/c1-3-4-5-7-12-8-6-9-13(10-12)11-14(15)16-2/h3-4,6,8-10H,5,7,11H2,1-2H3. The maximum absolute atomic E-state index is 11.1. The molecule has 0 aliphatic heterocycles. The highest BCUT2D eigenvalue weighted by atomic mass is 16.5. The van der Waals surface area contributed by atoms with E-state index in [0.29, 0.717) is 6.42 Å². The summed E-state index contributed by atoms with van der Waals surface area (Å²) in [6.45, 7) is 2.02. The molecule has 1 aromatic carbocycles. The number of carbonyl (C=O) groups is 1. The van der Waals surface area contributed by atoms with Crippen molar-refractivity contribution in [2.75, 3.05) is 7.11 Å². The number of methoxy groups -OCH3 is 1. The van der Waals surface area contributed by atoms with Crippen molar-refractivity contribution in [3.63, 3.8) is 0 Å². The fraction of sp³-hybridized carbons (Fsp3) is 0.357. The fourth-order valence-corrected chi connectivity index (χ4v) is 1.55. The average molecular weight is 218 g/mol. The first-order valence-electron chi connectivity index (χ1n) is 5.52. The third kappa shape index (κ3) is 4.30. The number of hydrogen-bond donors (Lipinski definition) is 0. The van der Waals surface area contributed by atoms with Gasteiger partial charge in [0.1, 0.15) is 0 Å². The lowest BCUT2D eigenvalue weighted by Gasteiger charge is -2.03. The van der Waals surface area contributed by atoms with Crippen LogP contribution in [0.3, 0.4) is 0 Å². The topological polar surface area (TPSA) is 26.3 Å². The molecule has 86 valence electrons. The van der Waals surface area contributed by atoms with E-state index >= 15 is 0 Å². The van der Waals surface area contributed by atoms with E-state index in [1.54, 1.807) is 0 Å². The minimum atomic E-state index is -0.189. The van der Waals surface area contributed by atoms with Gasteiger partial charge in [0.15, 0.2) is 0 Å². The molecule has 16 heavy (non-hydrogen) atoms. The summed E-state index contributed by atoms with van der Waals surface area (Å²) < 4.78 is 4.64. The lowest BCUT2D eigenvalue weighted by Crippen LogP contribution is -2.04. The van der Waals surface area contributed by atoms with E-state index in [-0.39, 0.29) is 5.97 Å². The number of allylic oxidation sites excluding steroid dienone is 2. The van der Waals surface area contributed by atoms with Gasteiger partial charge in [0.2, 0.25) is 0 Å². The first-order valence-corrected chi connectivity index (χ1v) is 5.52. The summed E-state index contributed by atoms with van der Waals surface area (Å²) in [6, 6.07) is 8.10. The fourth-order valence-electron chi connectivity index (χ4n) is 1.55. The van der Waals surface area contributed by atoms with Gasteiger partial charge in [0.05, 0.1) is 13.5 Å². The van der Waals surface area contributed by atoms with Gasteiger partial charge >= 0.3 is 5.97 Å². The summed E-state index contributed by atoms with van der Waals surface area (Å²) in [4.78, 5) is 11.1. The molecule has 2 nitrogen and oxygen atoms in total. The van der Waals surface area contributed by atoms with E-state index in [1.165, 1.54) is 12.7 Å². The highest BCUT2D eigenvalue weighted by Crippen LogP contribution is 2.09. The Morgan fingerprint density at radius 3 is 2.81 bits per heavy atom. The van der Waals surface area contributed by atoms with Gasteiger partial charge in [-0.15, -0.1) is 0 Å². The van der Waals surface area contributed by atoms with Gasteiger partial charge in [-0.3, -0.25) is 4.79 Å². The summed E-state index contributed by atoms with van der Waals surface area (Å²) >= 11 is 0. The Balaban J connectivity index is 2.60. The van der Waals surface area contributed by atoms with Crippen LogP contribution in [0.25, 0.3) is 0 Å². The molecule has 0 saturated carbocycles. The number of rotatable bonds is 5. The van der Waals surface area contributed by atoms with Gasteiger partial charge in [0, 0.05) is 0 Å². The minimum absolute atomic E-state index is 0.189. The number of ether oxygens (including phenoxy) is 1. The number of hydrogen-bond acceptors (Lipinski definition) is 2. The van der Waals surface area contributed by atoms with Crippen LogP contribution in [-0.2, 0) is 22.4 Å². The monoisotopic (exact) mass is 218 g/mol. The number of aryl methyl sites for hydroxylation is 1. The molecular weight excluding hydrogens is 200 g/mol. The highest BCUT2D eigenvalue weighted by molar-refractivity contribution is 5.72. The molecule has 0 atom stereocenters. The molecule has 0 aliphatic rings. The van der Waals surface area contributed by atoms with Gasteiger partial charge < -0.3 is 4.74 Å². The Labute approximate surface area is 96.9 Å². The van der Waals surface area contributed by atoms with Gasteiger partial charge in [-0.25, -0.2) is 0 Å². The molecular formula is C14H18O2. The third-order valence-corrected chi connectivity index (χ3v) is 2.40. The van der Waals surface area contributed by atoms with Crippen LogP contribution in [-0.4, -0.2) is 13.1 Å². The molecule has 1 aromatic rings. The summed E-state index contributed by atoms with van der Waals surface area (Å²) in [5, 5.41) is 0. The second kappa shape index (κ2) is 6.83. The smallest absolute Gasteiger partial charge is 0.309 e. The Morgan fingerprint density at radius 2 is 2.12 bits per heavy atom. The van der Waals surface area contributed by atoms with Crippen LogP contribution in [0.4, 0.5) is 0 Å². The molecule has 0 heterocycles. The molecule has 1 rings (SSSR count). The summed E-state index contributed by atoms with van der Waals surface area (Å²) in [5.41, 5.74) is 2.28. The van der Waals surface area contributed by atoms with Crippen LogP contribution < -0.4 is 0 Å². The Hall–Kier alpha value is -1.57. The maximum atomic E-state index is 11.1. The molecule has 0 unspecified atom stereocenters. The molecule has 0 amide bonds. The number of benzene rings is 1. The first kappa shape index (κ1) is 12.5. The Bertz CT molecular complexity index is 367. The predicted octanol–water partition coefficient (Wildman–Crippen LogP) is 2.91. The maximum Gasteiger partial charge on any atom is 0.309 e. The van der Waals surface area contributed by atoms with Crippen molar-refractivity contribution in [2.45, 2.75) is 26.2 Å². The molecule has 0 spiro atoms. The van der Waals surface area contributed by atoms with Crippen molar-refractivity contribution >= 4 is 5.97 Å². The molecule has 0 saturated heterocycles. The SMILES string of the molecule is CC=CCCc1cccc(CC(=O)OC)c1. The second-order valence-corrected chi connectivity index (χ2v) is 3.68. The van der Waals surface area contributed by atoms with E-state index in [0.717, 1.165) is 18.4 Å². The molecule has 0 radical (unpaired) electrons. The van der Waals surface area contributed by atoms with Crippen molar-refractivity contribution in [1.82, 2.24) is 0 Å².